The van der Waals surface area contributed by atoms with Gasteiger partial charge in [0, 0.05) is 18.8 Å². The summed E-state index contributed by atoms with van der Waals surface area (Å²) in [6.07, 6.45) is 1.44. The largest absolute Gasteiger partial charge is 0.390 e. The summed E-state index contributed by atoms with van der Waals surface area (Å²) in [7, 11) is -3.70. The van der Waals surface area contributed by atoms with Crippen LogP contribution in [0.2, 0.25) is 0 Å². The van der Waals surface area contributed by atoms with Crippen LogP contribution in [0.3, 0.4) is 0 Å². The van der Waals surface area contributed by atoms with Crippen molar-refractivity contribution < 1.29 is 26.4 Å². The summed E-state index contributed by atoms with van der Waals surface area (Å²) >= 11 is 0. The summed E-state index contributed by atoms with van der Waals surface area (Å²) in [5.74, 6) is -0.801. The number of alkyl halides is 3. The van der Waals surface area contributed by atoms with Gasteiger partial charge in [-0.25, -0.2) is 13.1 Å². The molecule has 1 heterocycles. The van der Waals surface area contributed by atoms with Crippen molar-refractivity contribution in [1.82, 2.24) is 9.62 Å². The van der Waals surface area contributed by atoms with Crippen molar-refractivity contribution in [3.63, 3.8) is 0 Å². The van der Waals surface area contributed by atoms with Crippen LogP contribution in [0, 0.1) is 5.92 Å². The van der Waals surface area contributed by atoms with Crippen LogP contribution in [0.1, 0.15) is 47.9 Å². The van der Waals surface area contributed by atoms with E-state index >= 15 is 0 Å². The summed E-state index contributed by atoms with van der Waals surface area (Å²) in [5.41, 5.74) is 5.84. The minimum atomic E-state index is -4.21. The molecule has 6 nitrogen and oxygen atoms in total. The molecule has 1 aromatic carbocycles. The number of halogens is 3. The third-order valence-electron chi connectivity index (χ3n) is 6.73. The fourth-order valence-corrected chi connectivity index (χ4v) is 6.59. The van der Waals surface area contributed by atoms with Crippen molar-refractivity contribution in [2.24, 2.45) is 5.92 Å². The van der Waals surface area contributed by atoms with Crippen molar-refractivity contribution in [2.45, 2.75) is 57.5 Å². The number of benzene rings is 1. The maximum Gasteiger partial charge on any atom is 0.390 e. The fourth-order valence-electron chi connectivity index (χ4n) is 5.23. The molecule has 32 heavy (non-hydrogen) atoms. The van der Waals surface area contributed by atoms with Crippen LogP contribution in [-0.2, 0) is 40.5 Å². The number of rotatable bonds is 8. The lowest BCUT2D eigenvalue weighted by atomic mass is 9.98. The molecule has 1 saturated heterocycles. The van der Waals surface area contributed by atoms with Crippen LogP contribution in [0.5, 0.6) is 0 Å². The second kappa shape index (κ2) is 9.30. The number of carbonyl (C=O) groups excluding carboxylic acids is 1. The minimum Gasteiger partial charge on any atom is -0.324 e. The van der Waals surface area contributed by atoms with Gasteiger partial charge in [0.1, 0.15) is 0 Å². The summed E-state index contributed by atoms with van der Waals surface area (Å²) in [4.78, 5) is 14.2. The van der Waals surface area contributed by atoms with Gasteiger partial charge in [-0.2, -0.15) is 13.2 Å². The Morgan fingerprint density at radius 2 is 1.75 bits per heavy atom. The minimum absolute atomic E-state index is 0.110. The van der Waals surface area contributed by atoms with Crippen LogP contribution in [0.25, 0.3) is 0 Å². The van der Waals surface area contributed by atoms with E-state index in [9.17, 15) is 26.4 Å². The Kier molecular flexibility index (Phi) is 6.84. The van der Waals surface area contributed by atoms with Crippen molar-refractivity contribution in [1.29, 1.82) is 0 Å². The van der Waals surface area contributed by atoms with Crippen LogP contribution in [0.4, 0.5) is 18.9 Å². The third kappa shape index (κ3) is 5.82. The van der Waals surface area contributed by atoms with Gasteiger partial charge in [-0.15, -0.1) is 0 Å². The normalized spacial score (nSPS) is 21.0. The molecule has 1 fully saturated rings. The van der Waals surface area contributed by atoms with E-state index in [1.54, 1.807) is 4.90 Å². The van der Waals surface area contributed by atoms with Gasteiger partial charge in [0.2, 0.25) is 15.9 Å². The maximum atomic E-state index is 12.6. The van der Waals surface area contributed by atoms with Crippen molar-refractivity contribution >= 4 is 21.6 Å². The van der Waals surface area contributed by atoms with Crippen molar-refractivity contribution in [2.75, 3.05) is 37.2 Å². The zero-order valence-corrected chi connectivity index (χ0v) is 18.9. The van der Waals surface area contributed by atoms with Crippen molar-refractivity contribution in [3.05, 3.63) is 28.3 Å². The average molecular weight is 474 g/mol. The molecule has 0 saturated carbocycles. The molecule has 1 atom stereocenters. The molecule has 1 unspecified atom stereocenters. The van der Waals surface area contributed by atoms with E-state index < -0.39 is 22.6 Å². The van der Waals surface area contributed by atoms with E-state index in [-0.39, 0.29) is 30.7 Å². The molecule has 0 bridgehead atoms. The molecule has 3 aliphatic rings. The fraction of sp³-hybridized carbons (Fsp3) is 0.682. The highest BCUT2D eigenvalue weighted by Crippen LogP contribution is 2.38. The molecule has 1 aromatic rings. The smallest absolute Gasteiger partial charge is 0.324 e. The molecular formula is C22H30F3N3O3S. The first-order valence-corrected chi connectivity index (χ1v) is 13.0. The Labute approximate surface area is 187 Å². The summed E-state index contributed by atoms with van der Waals surface area (Å²) in [5, 5.41) is 2.97. The molecule has 178 valence electrons. The Bertz CT molecular complexity index is 947. The number of nitrogens with zero attached hydrogens (tertiary/aromatic N) is 1. The highest BCUT2D eigenvalue weighted by atomic mass is 32.2. The first-order valence-electron chi connectivity index (χ1n) is 11.3. The maximum absolute atomic E-state index is 12.6. The standard InChI is InChI=1S/C22H30F3N3O3S/c23-22(24,25)8-10-28-9-7-15(13-28)14-32(30,31)26-12-20(29)27-21-18-5-1-3-16(18)11-17-4-2-6-19(17)21/h11,15,26H,1-10,12-14H2,(H,27,29). The lowest BCUT2D eigenvalue weighted by Gasteiger charge is -2.18. The molecule has 1 aliphatic heterocycles. The Morgan fingerprint density at radius 3 is 2.38 bits per heavy atom. The molecule has 1 amide bonds. The van der Waals surface area contributed by atoms with Crippen LogP contribution < -0.4 is 10.0 Å². The number of sulfonamides is 1. The predicted molar refractivity (Wildman–Crippen MR) is 116 cm³/mol. The number of likely N-dealkylation sites (tertiary alicyclic amines) is 1. The number of amides is 1. The number of hydrogen-bond acceptors (Lipinski definition) is 4. The van der Waals surface area contributed by atoms with Crippen LogP contribution in [0.15, 0.2) is 6.07 Å². The summed E-state index contributed by atoms with van der Waals surface area (Å²) in [6, 6.07) is 2.27. The summed E-state index contributed by atoms with van der Waals surface area (Å²) < 4.78 is 64.4. The van der Waals surface area contributed by atoms with E-state index in [1.165, 1.54) is 22.3 Å². The van der Waals surface area contributed by atoms with Crippen LogP contribution >= 0.6 is 0 Å². The lowest BCUT2D eigenvalue weighted by Crippen LogP contribution is -2.37. The monoisotopic (exact) mass is 473 g/mol. The van der Waals surface area contributed by atoms with E-state index in [0.717, 1.165) is 44.2 Å². The van der Waals surface area contributed by atoms with E-state index in [2.05, 4.69) is 16.1 Å². The first kappa shape index (κ1) is 23.5. The van der Waals surface area contributed by atoms with Gasteiger partial charge in [0.05, 0.1) is 18.7 Å². The lowest BCUT2D eigenvalue weighted by molar-refractivity contribution is -0.137. The van der Waals surface area contributed by atoms with Gasteiger partial charge in [0.25, 0.3) is 0 Å². The molecule has 4 rings (SSSR count). The third-order valence-corrected chi connectivity index (χ3v) is 8.22. The van der Waals surface area contributed by atoms with E-state index in [4.69, 9.17) is 0 Å². The molecule has 10 heteroatoms. The Morgan fingerprint density at radius 1 is 1.09 bits per heavy atom. The van der Waals surface area contributed by atoms with Gasteiger partial charge >= 0.3 is 6.18 Å². The van der Waals surface area contributed by atoms with Gasteiger partial charge < -0.3 is 10.2 Å². The highest BCUT2D eigenvalue weighted by molar-refractivity contribution is 7.89. The summed E-state index contributed by atoms with van der Waals surface area (Å²) in [6.45, 7) is 0.333. The van der Waals surface area contributed by atoms with Crippen molar-refractivity contribution in [3.8, 4) is 0 Å². The molecule has 0 aromatic heterocycles. The molecule has 2 N–H and O–H groups in total. The quantitative estimate of drug-likeness (QED) is 0.609. The van der Waals surface area contributed by atoms with Crippen LogP contribution in [-0.4, -0.2) is 57.3 Å². The molecule has 0 radical (unpaired) electrons. The van der Waals surface area contributed by atoms with Gasteiger partial charge in [-0.05, 0) is 79.7 Å². The van der Waals surface area contributed by atoms with E-state index in [0.29, 0.717) is 19.5 Å². The van der Waals surface area contributed by atoms with Gasteiger partial charge in [0.15, 0.2) is 0 Å². The number of hydrogen-bond donors (Lipinski definition) is 2. The zero-order valence-electron chi connectivity index (χ0n) is 18.1. The zero-order chi connectivity index (χ0) is 22.9. The number of carbonyl (C=O) groups is 1. The first-order chi connectivity index (χ1) is 15.1. The SMILES string of the molecule is O=C(CNS(=O)(=O)CC1CCN(CCC(F)(F)F)C1)Nc1c2c(cc3c1CCC3)CCC2. The highest BCUT2D eigenvalue weighted by Gasteiger charge is 2.32. The van der Waals surface area contributed by atoms with E-state index in [1.807, 2.05) is 0 Å². The number of nitrogens with one attached hydrogen (secondary N) is 2. The Hall–Kier alpha value is -1.65. The van der Waals surface area contributed by atoms with Gasteiger partial charge in [-0.3, -0.25) is 4.79 Å². The number of anilines is 1. The molecule has 0 spiro atoms. The molecular weight excluding hydrogens is 443 g/mol. The number of aryl methyl sites for hydroxylation is 2. The predicted octanol–water partition coefficient (Wildman–Crippen LogP) is 2.80. The second-order valence-corrected chi connectivity index (χ2v) is 11.1. The van der Waals surface area contributed by atoms with Gasteiger partial charge in [-0.1, -0.05) is 6.07 Å². The Balaban J connectivity index is 1.29. The number of fused-ring (bicyclic) bond motifs is 2. The second-order valence-electron chi connectivity index (χ2n) is 9.21. The molecule has 2 aliphatic carbocycles. The topological polar surface area (TPSA) is 78.5 Å². The average Bonchev–Trinajstić information content (AvgIpc) is 3.44.